The lowest BCUT2D eigenvalue weighted by atomic mass is 9.77. The molecular formula is C25H34FN5O4. The van der Waals surface area contributed by atoms with Crippen LogP contribution >= 0.6 is 0 Å². The van der Waals surface area contributed by atoms with Crippen molar-refractivity contribution in [2.75, 3.05) is 53.4 Å². The van der Waals surface area contributed by atoms with Crippen LogP contribution < -0.4 is 0 Å². The fourth-order valence-corrected chi connectivity index (χ4v) is 5.68. The topological polar surface area (TPSA) is 90.2 Å². The van der Waals surface area contributed by atoms with Gasteiger partial charge in [-0.3, -0.25) is 19.7 Å². The predicted molar refractivity (Wildman–Crippen MR) is 129 cm³/mol. The molecule has 2 atom stereocenters. The third kappa shape index (κ3) is 5.32. The van der Waals surface area contributed by atoms with Crippen molar-refractivity contribution in [1.82, 2.24) is 19.6 Å². The number of halogens is 1. The lowest BCUT2D eigenvalue weighted by molar-refractivity contribution is -0.424. The fourth-order valence-electron chi connectivity index (χ4n) is 5.68. The number of benzene rings is 1. The highest BCUT2D eigenvalue weighted by Crippen LogP contribution is 2.41. The van der Waals surface area contributed by atoms with Gasteiger partial charge in [0.25, 0.3) is 5.91 Å². The molecule has 10 heteroatoms. The van der Waals surface area contributed by atoms with Crippen molar-refractivity contribution in [3.05, 3.63) is 57.2 Å². The highest BCUT2D eigenvalue weighted by atomic mass is 19.1. The molecule has 1 aromatic carbocycles. The van der Waals surface area contributed by atoms with Crippen LogP contribution in [0, 0.1) is 21.8 Å². The number of rotatable bonds is 7. The van der Waals surface area contributed by atoms with Crippen molar-refractivity contribution in [2.45, 2.75) is 38.1 Å². The van der Waals surface area contributed by atoms with Gasteiger partial charge in [-0.05, 0) is 64.2 Å². The molecule has 3 aliphatic rings. The van der Waals surface area contributed by atoms with Crippen LogP contribution in [-0.4, -0.2) is 95.7 Å². The van der Waals surface area contributed by atoms with Crippen molar-refractivity contribution in [3.8, 4) is 0 Å². The number of amides is 2. The second-order valence-electron chi connectivity index (χ2n) is 9.89. The van der Waals surface area contributed by atoms with Gasteiger partial charge in [-0.1, -0.05) is 12.8 Å². The van der Waals surface area contributed by atoms with Crippen LogP contribution in [0.5, 0.6) is 0 Å². The van der Waals surface area contributed by atoms with Gasteiger partial charge >= 0.3 is 11.6 Å². The molecule has 2 aliphatic heterocycles. The van der Waals surface area contributed by atoms with Crippen LogP contribution in [0.1, 0.15) is 42.5 Å². The van der Waals surface area contributed by atoms with Crippen LogP contribution in [0.3, 0.4) is 0 Å². The largest absolute Gasteiger partial charge is 0.365 e. The second-order valence-corrected chi connectivity index (χ2v) is 9.89. The summed E-state index contributed by atoms with van der Waals surface area (Å²) in [6.45, 7) is 2.97. The van der Waals surface area contributed by atoms with E-state index in [0.717, 1.165) is 38.6 Å². The maximum atomic E-state index is 13.4. The molecule has 1 aliphatic carbocycles. The molecular weight excluding hydrogens is 453 g/mol. The van der Waals surface area contributed by atoms with Gasteiger partial charge in [0.15, 0.2) is 0 Å². The third-order valence-electron chi connectivity index (χ3n) is 7.37. The first-order valence-electron chi connectivity index (χ1n) is 12.4. The van der Waals surface area contributed by atoms with E-state index in [1.165, 1.54) is 24.3 Å². The molecule has 0 spiro atoms. The number of piperazine rings is 1. The van der Waals surface area contributed by atoms with Crippen molar-refractivity contribution in [2.24, 2.45) is 5.92 Å². The first-order chi connectivity index (χ1) is 16.8. The van der Waals surface area contributed by atoms with Crippen LogP contribution in [0.15, 0.2) is 35.7 Å². The molecule has 0 aromatic heterocycles. The summed E-state index contributed by atoms with van der Waals surface area (Å²) >= 11 is 0. The standard InChI is InChI=1S/C25H34FN5O4/c1-27(2)12-5-13-30-21-7-4-3-6-20(21)22(23(25(30)33)31(34)35)28-14-16-29(17-15-28)24(32)18-8-10-19(26)11-9-18/h8-11,20-21H,3-7,12-17H2,1-2H3. The van der Waals surface area contributed by atoms with Gasteiger partial charge in [0.2, 0.25) is 0 Å². The first-order valence-corrected chi connectivity index (χ1v) is 12.4. The maximum Gasteiger partial charge on any atom is 0.352 e. The molecule has 2 fully saturated rings. The van der Waals surface area contributed by atoms with Crippen LogP contribution in [0.4, 0.5) is 4.39 Å². The Morgan fingerprint density at radius 2 is 1.77 bits per heavy atom. The fraction of sp³-hybridized carbons (Fsp3) is 0.600. The summed E-state index contributed by atoms with van der Waals surface area (Å²) in [5.41, 5.74) is 0.678. The average Bonchev–Trinajstić information content (AvgIpc) is 2.84. The van der Waals surface area contributed by atoms with Crippen molar-refractivity contribution in [3.63, 3.8) is 0 Å². The number of hydrogen-bond acceptors (Lipinski definition) is 6. The monoisotopic (exact) mass is 487 g/mol. The number of nitro groups is 1. The number of carbonyl (C=O) groups excluding carboxylic acids is 2. The van der Waals surface area contributed by atoms with E-state index in [0.29, 0.717) is 44.0 Å². The second kappa shape index (κ2) is 10.7. The molecule has 1 saturated heterocycles. The highest BCUT2D eigenvalue weighted by Gasteiger charge is 2.49. The normalized spacial score (nSPS) is 23.1. The zero-order chi connectivity index (χ0) is 25.1. The highest BCUT2D eigenvalue weighted by molar-refractivity contribution is 5.94. The molecule has 4 rings (SSSR count). The van der Waals surface area contributed by atoms with Crippen LogP contribution in [0.25, 0.3) is 0 Å². The Morgan fingerprint density at radius 1 is 1.11 bits per heavy atom. The van der Waals surface area contributed by atoms with Gasteiger partial charge in [0, 0.05) is 50.2 Å². The molecule has 0 bridgehead atoms. The van der Waals surface area contributed by atoms with Gasteiger partial charge in [-0.25, -0.2) is 4.39 Å². The van der Waals surface area contributed by atoms with E-state index in [-0.39, 0.29) is 23.6 Å². The summed E-state index contributed by atoms with van der Waals surface area (Å²) in [6, 6.07) is 5.44. The molecule has 1 saturated carbocycles. The molecule has 1 aromatic rings. The number of carbonyl (C=O) groups is 2. The Kier molecular flexibility index (Phi) is 7.69. The Hall–Kier alpha value is -3.01. The van der Waals surface area contributed by atoms with Crippen LogP contribution in [0.2, 0.25) is 0 Å². The van der Waals surface area contributed by atoms with Gasteiger partial charge in [-0.15, -0.1) is 0 Å². The Labute approximate surface area is 205 Å². The van der Waals surface area contributed by atoms with E-state index >= 15 is 0 Å². The smallest absolute Gasteiger partial charge is 0.352 e. The van der Waals surface area contributed by atoms with E-state index in [2.05, 4.69) is 4.90 Å². The lowest BCUT2D eigenvalue weighted by Gasteiger charge is -2.47. The zero-order valence-electron chi connectivity index (χ0n) is 20.5. The summed E-state index contributed by atoms with van der Waals surface area (Å²) in [4.78, 5) is 45.4. The minimum atomic E-state index is -0.502. The van der Waals surface area contributed by atoms with E-state index in [9.17, 15) is 24.1 Å². The van der Waals surface area contributed by atoms with Crippen molar-refractivity contribution in [1.29, 1.82) is 0 Å². The molecule has 0 radical (unpaired) electrons. The van der Waals surface area contributed by atoms with E-state index in [4.69, 9.17) is 0 Å². The van der Waals surface area contributed by atoms with Gasteiger partial charge in [-0.2, -0.15) is 0 Å². The number of fused-ring (bicyclic) bond motifs is 1. The van der Waals surface area contributed by atoms with Crippen molar-refractivity contribution >= 4 is 11.8 Å². The Bertz CT molecular complexity index is 988. The van der Waals surface area contributed by atoms with Crippen molar-refractivity contribution < 1.29 is 18.9 Å². The maximum absolute atomic E-state index is 13.4. The Balaban J connectivity index is 1.54. The Morgan fingerprint density at radius 3 is 2.40 bits per heavy atom. The predicted octanol–water partition coefficient (Wildman–Crippen LogP) is 2.42. The molecule has 9 nitrogen and oxygen atoms in total. The SMILES string of the molecule is CN(C)CCCN1C(=O)C([N+](=O)[O-])=C(N2CCN(C(=O)c3ccc(F)cc3)CC2)C2CCCCC21. The average molecular weight is 488 g/mol. The molecule has 2 heterocycles. The summed E-state index contributed by atoms with van der Waals surface area (Å²) in [7, 11) is 3.95. The molecule has 0 N–H and O–H groups in total. The molecule has 190 valence electrons. The minimum absolute atomic E-state index is 0.0176. The summed E-state index contributed by atoms with van der Waals surface area (Å²) in [5.74, 6) is -1.11. The quantitative estimate of drug-likeness (QED) is 0.434. The molecule has 2 amide bonds. The van der Waals surface area contributed by atoms with Gasteiger partial charge in [0.05, 0.1) is 4.92 Å². The first kappa shape index (κ1) is 25.1. The minimum Gasteiger partial charge on any atom is -0.365 e. The van der Waals surface area contributed by atoms with E-state index in [1.807, 2.05) is 19.0 Å². The van der Waals surface area contributed by atoms with Gasteiger partial charge < -0.3 is 19.6 Å². The van der Waals surface area contributed by atoms with E-state index in [1.54, 1.807) is 9.80 Å². The van der Waals surface area contributed by atoms with E-state index < -0.39 is 16.6 Å². The third-order valence-corrected chi connectivity index (χ3v) is 7.37. The molecule has 35 heavy (non-hydrogen) atoms. The summed E-state index contributed by atoms with van der Waals surface area (Å²) in [5, 5.41) is 12.2. The number of hydrogen-bond donors (Lipinski definition) is 0. The van der Waals surface area contributed by atoms with Crippen LogP contribution in [-0.2, 0) is 4.79 Å². The number of nitrogens with zero attached hydrogens (tertiary/aromatic N) is 5. The van der Waals surface area contributed by atoms with Gasteiger partial charge in [0.1, 0.15) is 11.5 Å². The summed E-state index contributed by atoms with van der Waals surface area (Å²) in [6.07, 6.45) is 4.45. The lowest BCUT2D eigenvalue weighted by Crippen LogP contribution is -2.57. The zero-order valence-corrected chi connectivity index (χ0v) is 20.5. The molecule has 2 unspecified atom stereocenters. The summed E-state index contributed by atoms with van der Waals surface area (Å²) < 4.78 is 13.2.